The fourth-order valence-electron chi connectivity index (χ4n) is 6.36. The van der Waals surface area contributed by atoms with E-state index in [-0.39, 0.29) is 12.0 Å². The maximum absolute atomic E-state index is 12.5. The number of fused-ring (bicyclic) bond motifs is 2. The van der Waals surface area contributed by atoms with E-state index in [1.54, 1.807) is 7.11 Å². The first kappa shape index (κ1) is 24.6. The number of nitrogens with zero attached hydrogens (tertiary/aromatic N) is 1. The lowest BCUT2D eigenvalue weighted by molar-refractivity contribution is 0.0595. The molecule has 4 heteroatoms. The van der Waals surface area contributed by atoms with Gasteiger partial charge in [-0.15, -0.1) is 0 Å². The number of esters is 1. The topological polar surface area (TPSA) is 38.8 Å². The van der Waals surface area contributed by atoms with E-state index in [0.29, 0.717) is 5.56 Å². The van der Waals surface area contributed by atoms with E-state index in [9.17, 15) is 4.79 Å². The monoisotopic (exact) mass is 483 g/mol. The van der Waals surface area contributed by atoms with Gasteiger partial charge in [-0.05, 0) is 89.6 Å². The summed E-state index contributed by atoms with van der Waals surface area (Å²) in [4.78, 5) is 15.0. The number of rotatable bonds is 6. The number of aryl methyl sites for hydroxylation is 3. The fraction of sp³-hybridized carbons (Fsp3) is 0.406. The average Bonchev–Trinajstić information content (AvgIpc) is 2.94. The molecule has 0 saturated carbocycles. The van der Waals surface area contributed by atoms with E-state index in [0.717, 1.165) is 62.9 Å². The van der Waals surface area contributed by atoms with Crippen molar-refractivity contribution < 1.29 is 14.3 Å². The summed E-state index contributed by atoms with van der Waals surface area (Å²) in [5, 5.41) is 0. The lowest BCUT2D eigenvalue weighted by Gasteiger charge is -2.40. The van der Waals surface area contributed by atoms with Crippen LogP contribution in [-0.4, -0.2) is 31.6 Å². The van der Waals surface area contributed by atoms with Gasteiger partial charge in [0.2, 0.25) is 0 Å². The summed E-state index contributed by atoms with van der Waals surface area (Å²) in [6, 6.07) is 17.7. The third kappa shape index (κ3) is 4.32. The van der Waals surface area contributed by atoms with Gasteiger partial charge in [-0.25, -0.2) is 4.79 Å². The van der Waals surface area contributed by atoms with Crippen molar-refractivity contribution in [1.82, 2.24) is 4.90 Å². The van der Waals surface area contributed by atoms with Crippen LogP contribution in [0.5, 0.6) is 5.75 Å². The van der Waals surface area contributed by atoms with Gasteiger partial charge in [0.05, 0.1) is 19.8 Å². The first-order valence-corrected chi connectivity index (χ1v) is 13.3. The Morgan fingerprint density at radius 1 is 0.972 bits per heavy atom. The lowest BCUT2D eigenvalue weighted by atomic mass is 9.81. The molecule has 1 atom stereocenters. The number of carbonyl (C=O) groups excluding carboxylic acids is 1. The molecule has 1 heterocycles. The quantitative estimate of drug-likeness (QED) is 0.365. The average molecular weight is 484 g/mol. The second-order valence-electron chi connectivity index (χ2n) is 9.97. The molecule has 1 aliphatic heterocycles. The number of carbonyl (C=O) groups is 1. The Hall–Kier alpha value is -3.11. The highest BCUT2D eigenvalue weighted by Crippen LogP contribution is 2.45. The zero-order chi connectivity index (χ0) is 25.2. The zero-order valence-electron chi connectivity index (χ0n) is 22.0. The molecule has 0 fully saturated rings. The van der Waals surface area contributed by atoms with Crippen LogP contribution in [0.15, 0.2) is 48.5 Å². The molecule has 0 N–H and O–H groups in total. The second kappa shape index (κ2) is 10.5. The molecule has 0 saturated heterocycles. The van der Waals surface area contributed by atoms with Crippen molar-refractivity contribution in [2.45, 2.75) is 65.0 Å². The van der Waals surface area contributed by atoms with Gasteiger partial charge >= 0.3 is 5.97 Å². The maximum Gasteiger partial charge on any atom is 0.338 e. The smallest absolute Gasteiger partial charge is 0.338 e. The third-order valence-corrected chi connectivity index (χ3v) is 8.14. The van der Waals surface area contributed by atoms with E-state index in [4.69, 9.17) is 9.47 Å². The Morgan fingerprint density at radius 3 is 2.42 bits per heavy atom. The Kier molecular flexibility index (Phi) is 7.15. The van der Waals surface area contributed by atoms with Gasteiger partial charge in [0.1, 0.15) is 5.75 Å². The SMILES string of the molecule is CCc1cccc(CC)c1-c1cc2c(c(OC)c1)C(N1CCc3cccc(C(=O)OC)c3C1)CCC2. The molecule has 188 valence electrons. The summed E-state index contributed by atoms with van der Waals surface area (Å²) < 4.78 is 11.2. The summed E-state index contributed by atoms with van der Waals surface area (Å²) in [5.74, 6) is 0.744. The molecule has 0 bridgehead atoms. The molecule has 1 unspecified atom stereocenters. The highest BCUT2D eigenvalue weighted by atomic mass is 16.5. The zero-order valence-corrected chi connectivity index (χ0v) is 22.0. The minimum atomic E-state index is -0.249. The van der Waals surface area contributed by atoms with Crippen molar-refractivity contribution >= 4 is 5.97 Å². The standard InChI is InChI=1S/C32H37NO3/c1-5-21-10-7-11-22(6-2)30(21)25-18-24-13-9-15-28(31(24)29(19-25)35-3)33-17-16-23-12-8-14-26(27(23)20-33)32(34)36-4/h7-8,10-12,14,18-19,28H,5-6,9,13,15-17,20H2,1-4H3. The van der Waals surface area contributed by atoms with Crippen molar-refractivity contribution in [2.24, 2.45) is 0 Å². The molecule has 5 rings (SSSR count). The van der Waals surface area contributed by atoms with Crippen molar-refractivity contribution in [3.8, 4) is 16.9 Å². The van der Waals surface area contributed by atoms with Crippen LogP contribution in [0.4, 0.5) is 0 Å². The number of hydrogen-bond donors (Lipinski definition) is 0. The largest absolute Gasteiger partial charge is 0.496 e. The van der Waals surface area contributed by atoms with Crippen LogP contribution in [0, 0.1) is 0 Å². The van der Waals surface area contributed by atoms with Crippen molar-refractivity contribution in [2.75, 3.05) is 20.8 Å². The Labute approximate surface area is 215 Å². The molecule has 0 amide bonds. The van der Waals surface area contributed by atoms with Gasteiger partial charge in [-0.1, -0.05) is 50.2 Å². The van der Waals surface area contributed by atoms with Gasteiger partial charge in [-0.3, -0.25) is 4.90 Å². The summed E-state index contributed by atoms with van der Waals surface area (Å²) in [6.07, 6.45) is 6.30. The molecule has 0 spiro atoms. The van der Waals surface area contributed by atoms with Crippen LogP contribution in [-0.2, 0) is 37.0 Å². The van der Waals surface area contributed by atoms with Crippen LogP contribution < -0.4 is 4.74 Å². The van der Waals surface area contributed by atoms with Crippen LogP contribution >= 0.6 is 0 Å². The van der Waals surface area contributed by atoms with Crippen molar-refractivity contribution in [3.05, 3.63) is 87.5 Å². The molecular formula is C32H37NO3. The Balaban J connectivity index is 1.56. The highest BCUT2D eigenvalue weighted by Gasteiger charge is 2.33. The maximum atomic E-state index is 12.5. The van der Waals surface area contributed by atoms with Crippen LogP contribution in [0.2, 0.25) is 0 Å². The fourth-order valence-corrected chi connectivity index (χ4v) is 6.36. The predicted molar refractivity (Wildman–Crippen MR) is 145 cm³/mol. The van der Waals surface area contributed by atoms with Gasteiger partial charge in [-0.2, -0.15) is 0 Å². The normalized spacial score (nSPS) is 17.3. The summed E-state index contributed by atoms with van der Waals surface area (Å²) >= 11 is 0. The van der Waals surface area contributed by atoms with E-state index >= 15 is 0 Å². The number of benzene rings is 3. The highest BCUT2D eigenvalue weighted by molar-refractivity contribution is 5.91. The first-order chi connectivity index (χ1) is 17.6. The molecule has 2 aliphatic rings. The molecular weight excluding hydrogens is 446 g/mol. The van der Waals surface area contributed by atoms with E-state index < -0.39 is 0 Å². The van der Waals surface area contributed by atoms with E-state index in [2.05, 4.69) is 55.1 Å². The van der Waals surface area contributed by atoms with Gasteiger partial charge in [0.15, 0.2) is 0 Å². The van der Waals surface area contributed by atoms with Crippen LogP contribution in [0.25, 0.3) is 11.1 Å². The van der Waals surface area contributed by atoms with Crippen molar-refractivity contribution in [3.63, 3.8) is 0 Å². The second-order valence-corrected chi connectivity index (χ2v) is 9.97. The molecule has 0 aromatic heterocycles. The van der Waals surface area contributed by atoms with Crippen LogP contribution in [0.1, 0.15) is 76.5 Å². The minimum Gasteiger partial charge on any atom is -0.496 e. The molecule has 4 nitrogen and oxygen atoms in total. The summed E-state index contributed by atoms with van der Waals surface area (Å²) in [7, 11) is 3.27. The minimum absolute atomic E-state index is 0.249. The van der Waals surface area contributed by atoms with Gasteiger partial charge < -0.3 is 9.47 Å². The number of ether oxygens (including phenoxy) is 2. The van der Waals surface area contributed by atoms with E-state index in [1.165, 1.54) is 46.1 Å². The van der Waals surface area contributed by atoms with Crippen LogP contribution in [0.3, 0.4) is 0 Å². The molecule has 36 heavy (non-hydrogen) atoms. The Bertz CT molecular complexity index is 1240. The van der Waals surface area contributed by atoms with Crippen molar-refractivity contribution in [1.29, 1.82) is 0 Å². The first-order valence-electron chi connectivity index (χ1n) is 13.3. The predicted octanol–water partition coefficient (Wildman–Crippen LogP) is 6.71. The number of hydrogen-bond acceptors (Lipinski definition) is 4. The lowest BCUT2D eigenvalue weighted by Crippen LogP contribution is -2.37. The Morgan fingerprint density at radius 2 is 1.72 bits per heavy atom. The molecule has 3 aromatic rings. The molecule has 0 radical (unpaired) electrons. The summed E-state index contributed by atoms with van der Waals surface area (Å²) in [5.41, 5.74) is 11.2. The number of methoxy groups -OCH3 is 2. The van der Waals surface area contributed by atoms with Gasteiger partial charge in [0.25, 0.3) is 0 Å². The molecule has 3 aromatic carbocycles. The van der Waals surface area contributed by atoms with E-state index in [1.807, 2.05) is 12.1 Å². The third-order valence-electron chi connectivity index (χ3n) is 8.14. The summed E-state index contributed by atoms with van der Waals surface area (Å²) in [6.45, 7) is 6.21. The molecule has 1 aliphatic carbocycles. The van der Waals surface area contributed by atoms with Gasteiger partial charge in [0, 0.05) is 24.7 Å².